The molecule has 10 heteroatoms. The maximum Gasteiger partial charge on any atom is 0.273 e. The zero-order valence-electron chi connectivity index (χ0n) is 17.1. The van der Waals surface area contributed by atoms with E-state index in [1.165, 1.54) is 0 Å². The maximum absolute atomic E-state index is 12.5. The van der Waals surface area contributed by atoms with Crippen molar-refractivity contribution in [3.63, 3.8) is 0 Å². The van der Waals surface area contributed by atoms with Crippen molar-refractivity contribution in [3.8, 4) is 5.75 Å². The molecule has 0 aliphatic carbocycles. The normalized spacial score (nSPS) is 10.3. The molecule has 0 radical (unpaired) electrons. The second kappa shape index (κ2) is 12.3. The Hall–Kier alpha value is -2.62. The van der Waals surface area contributed by atoms with E-state index in [-0.39, 0.29) is 30.9 Å². The van der Waals surface area contributed by atoms with E-state index in [0.717, 1.165) is 5.56 Å². The molecule has 0 heterocycles. The summed E-state index contributed by atoms with van der Waals surface area (Å²) in [7, 11) is 1.55. The van der Waals surface area contributed by atoms with Crippen LogP contribution in [0.3, 0.4) is 0 Å². The summed E-state index contributed by atoms with van der Waals surface area (Å²) in [5, 5.41) is 3.25. The van der Waals surface area contributed by atoms with Crippen molar-refractivity contribution < 1.29 is 23.9 Å². The lowest BCUT2D eigenvalue weighted by molar-refractivity contribution is -0.124. The summed E-state index contributed by atoms with van der Waals surface area (Å²) in [4.78, 5) is 36.6. The molecule has 0 fully saturated rings. The maximum atomic E-state index is 12.5. The van der Waals surface area contributed by atoms with E-state index in [0.29, 0.717) is 27.5 Å². The highest BCUT2D eigenvalue weighted by Crippen LogP contribution is 2.24. The minimum Gasteiger partial charge on any atom is -0.490 e. The Morgan fingerprint density at radius 1 is 1.03 bits per heavy atom. The first-order chi connectivity index (χ1) is 14.8. The van der Waals surface area contributed by atoms with Gasteiger partial charge in [-0.25, -0.2) is 0 Å². The molecule has 0 bridgehead atoms. The molecule has 0 unspecified atom stereocenters. The Labute approximate surface area is 193 Å². The molecule has 2 aromatic carbocycles. The standard InChI is InChI=1S/C21H23BrClN3O5/c1-13-16(23)4-3-5-17(13)24-19(27)8-9-20(28)25-26-21(29)15-12-14(22)6-7-18(15)31-11-10-30-2/h3-7,12H,8-11H2,1-2H3,(H,24,27)(H,25,28)(H,26,29). The first kappa shape index (κ1) is 24.6. The van der Waals surface area contributed by atoms with Crippen LogP contribution >= 0.6 is 27.5 Å². The van der Waals surface area contributed by atoms with Crippen LogP contribution in [0, 0.1) is 6.92 Å². The van der Waals surface area contributed by atoms with E-state index in [9.17, 15) is 14.4 Å². The first-order valence-corrected chi connectivity index (χ1v) is 10.5. The average Bonchev–Trinajstić information content (AvgIpc) is 2.75. The monoisotopic (exact) mass is 511 g/mol. The van der Waals surface area contributed by atoms with Crippen LogP contribution in [0.15, 0.2) is 40.9 Å². The zero-order chi connectivity index (χ0) is 22.8. The number of amides is 3. The number of nitrogens with one attached hydrogen (secondary N) is 3. The molecule has 31 heavy (non-hydrogen) atoms. The quantitative estimate of drug-likeness (QED) is 0.352. The van der Waals surface area contributed by atoms with Crippen LogP contribution in [0.25, 0.3) is 0 Å². The van der Waals surface area contributed by atoms with Crippen molar-refractivity contribution in [2.45, 2.75) is 19.8 Å². The van der Waals surface area contributed by atoms with Crippen molar-refractivity contribution in [3.05, 3.63) is 57.0 Å². The van der Waals surface area contributed by atoms with Gasteiger partial charge in [-0.05, 0) is 42.8 Å². The lowest BCUT2D eigenvalue weighted by Gasteiger charge is -2.13. The molecule has 0 saturated carbocycles. The number of methoxy groups -OCH3 is 1. The average molecular weight is 513 g/mol. The van der Waals surface area contributed by atoms with Gasteiger partial charge in [0.1, 0.15) is 12.4 Å². The second-order valence-electron chi connectivity index (χ2n) is 6.44. The summed E-state index contributed by atoms with van der Waals surface area (Å²) < 4.78 is 11.1. The number of anilines is 1. The van der Waals surface area contributed by atoms with Crippen LogP contribution in [0.1, 0.15) is 28.8 Å². The predicted octanol–water partition coefficient (Wildman–Crippen LogP) is 3.62. The minimum atomic E-state index is -0.555. The number of halogens is 2. The van der Waals surface area contributed by atoms with Crippen molar-refractivity contribution in [1.29, 1.82) is 0 Å². The minimum absolute atomic E-state index is 0.0596. The van der Waals surface area contributed by atoms with Crippen LogP contribution in [0.2, 0.25) is 5.02 Å². The predicted molar refractivity (Wildman–Crippen MR) is 121 cm³/mol. The van der Waals surface area contributed by atoms with Crippen molar-refractivity contribution in [2.75, 3.05) is 25.6 Å². The van der Waals surface area contributed by atoms with Gasteiger partial charge in [-0.15, -0.1) is 0 Å². The molecule has 0 saturated heterocycles. The van der Waals surface area contributed by atoms with Crippen LogP contribution in [0.5, 0.6) is 5.75 Å². The molecule has 0 aliphatic heterocycles. The van der Waals surface area contributed by atoms with Gasteiger partial charge in [0.05, 0.1) is 12.2 Å². The Balaban J connectivity index is 1.84. The van der Waals surface area contributed by atoms with Gasteiger partial charge in [0.15, 0.2) is 0 Å². The molecular weight excluding hydrogens is 490 g/mol. The molecule has 166 valence electrons. The number of carbonyl (C=O) groups is 3. The molecule has 0 aromatic heterocycles. The summed E-state index contributed by atoms with van der Waals surface area (Å²) in [6.45, 7) is 2.42. The SMILES string of the molecule is COCCOc1ccc(Br)cc1C(=O)NNC(=O)CCC(=O)Nc1cccc(Cl)c1C. The Bertz CT molecular complexity index is 955. The number of hydrazine groups is 1. The van der Waals surface area contributed by atoms with Crippen LogP contribution < -0.4 is 20.9 Å². The summed E-state index contributed by atoms with van der Waals surface area (Å²) in [5.74, 6) is -1.06. The molecule has 2 aromatic rings. The number of benzene rings is 2. The molecular formula is C21H23BrClN3O5. The van der Waals surface area contributed by atoms with Gasteiger partial charge in [-0.1, -0.05) is 33.6 Å². The highest BCUT2D eigenvalue weighted by Gasteiger charge is 2.15. The van der Waals surface area contributed by atoms with E-state index in [1.54, 1.807) is 50.4 Å². The summed E-state index contributed by atoms with van der Waals surface area (Å²) in [6, 6.07) is 10.1. The lowest BCUT2D eigenvalue weighted by atomic mass is 10.2. The van der Waals surface area contributed by atoms with E-state index in [4.69, 9.17) is 21.1 Å². The zero-order valence-corrected chi connectivity index (χ0v) is 19.4. The van der Waals surface area contributed by atoms with Crippen LogP contribution in [-0.2, 0) is 14.3 Å². The molecule has 0 spiro atoms. The number of carbonyl (C=O) groups excluding carboxylic acids is 3. The van der Waals surface area contributed by atoms with E-state index >= 15 is 0 Å². The molecule has 8 nitrogen and oxygen atoms in total. The van der Waals surface area contributed by atoms with Gasteiger partial charge in [0.25, 0.3) is 5.91 Å². The van der Waals surface area contributed by atoms with Gasteiger partial charge in [0.2, 0.25) is 11.8 Å². The number of hydrogen-bond acceptors (Lipinski definition) is 5. The van der Waals surface area contributed by atoms with Crippen molar-refractivity contribution >= 4 is 50.9 Å². The second-order valence-corrected chi connectivity index (χ2v) is 7.77. The smallest absolute Gasteiger partial charge is 0.273 e. The van der Waals surface area contributed by atoms with Crippen molar-refractivity contribution in [2.24, 2.45) is 0 Å². The molecule has 0 aliphatic rings. The van der Waals surface area contributed by atoms with Gasteiger partial charge < -0.3 is 14.8 Å². The van der Waals surface area contributed by atoms with Gasteiger partial charge >= 0.3 is 0 Å². The van der Waals surface area contributed by atoms with Crippen LogP contribution in [-0.4, -0.2) is 38.0 Å². The number of ether oxygens (including phenoxy) is 2. The van der Waals surface area contributed by atoms with Gasteiger partial charge in [-0.2, -0.15) is 0 Å². The van der Waals surface area contributed by atoms with Crippen molar-refractivity contribution in [1.82, 2.24) is 10.9 Å². The first-order valence-electron chi connectivity index (χ1n) is 9.37. The van der Waals surface area contributed by atoms with E-state index in [2.05, 4.69) is 32.1 Å². The molecule has 2 rings (SSSR count). The lowest BCUT2D eigenvalue weighted by Crippen LogP contribution is -2.42. The number of hydrogen-bond donors (Lipinski definition) is 3. The third kappa shape index (κ3) is 7.86. The van der Waals surface area contributed by atoms with E-state index in [1.807, 2.05) is 0 Å². The fraction of sp³-hybridized carbons (Fsp3) is 0.286. The fourth-order valence-corrected chi connectivity index (χ4v) is 3.02. The van der Waals surface area contributed by atoms with Gasteiger partial charge in [0, 0.05) is 35.1 Å². The third-order valence-corrected chi connectivity index (χ3v) is 5.07. The Kier molecular flexibility index (Phi) is 9.77. The molecule has 3 amide bonds. The topological polar surface area (TPSA) is 106 Å². The molecule has 0 atom stereocenters. The van der Waals surface area contributed by atoms with E-state index < -0.39 is 11.8 Å². The third-order valence-electron chi connectivity index (χ3n) is 4.17. The largest absolute Gasteiger partial charge is 0.490 e. The Morgan fingerprint density at radius 2 is 1.77 bits per heavy atom. The van der Waals surface area contributed by atoms with Gasteiger partial charge in [-0.3, -0.25) is 25.2 Å². The summed E-state index contributed by atoms with van der Waals surface area (Å²) in [5.41, 5.74) is 6.19. The fourth-order valence-electron chi connectivity index (χ4n) is 2.48. The highest BCUT2D eigenvalue weighted by atomic mass is 79.9. The number of rotatable bonds is 9. The highest BCUT2D eigenvalue weighted by molar-refractivity contribution is 9.10. The molecule has 3 N–H and O–H groups in total. The summed E-state index contributed by atoms with van der Waals surface area (Å²) >= 11 is 9.33. The van der Waals surface area contributed by atoms with Crippen LogP contribution in [0.4, 0.5) is 5.69 Å². The Morgan fingerprint density at radius 3 is 2.52 bits per heavy atom. The summed E-state index contributed by atoms with van der Waals surface area (Å²) in [6.07, 6.45) is -0.169.